The Morgan fingerprint density at radius 1 is 0.875 bits per heavy atom. The Balaban J connectivity index is 2.25. The average Bonchev–Trinajstić information content (AvgIpc) is 2.59. The third-order valence-electron chi connectivity index (χ3n) is 3.42. The molecule has 2 rings (SSSR count). The molecule has 0 saturated carbocycles. The Morgan fingerprint density at radius 2 is 1.38 bits per heavy atom. The minimum absolute atomic E-state index is 0.0191. The van der Waals surface area contributed by atoms with Gasteiger partial charge >= 0.3 is 0 Å². The number of hydrogen-bond acceptors (Lipinski definition) is 5. The highest BCUT2D eigenvalue weighted by molar-refractivity contribution is 5.96. The second-order valence-corrected chi connectivity index (χ2v) is 5.02. The molecule has 0 aliphatic carbocycles. The number of amidine groups is 2. The topological polar surface area (TPSA) is 127 Å². The molecule has 0 aromatic heterocycles. The first-order valence-corrected chi connectivity index (χ1v) is 7.12. The molecule has 0 amide bonds. The van der Waals surface area contributed by atoms with Gasteiger partial charge in [0.2, 0.25) is 5.75 Å². The minimum Gasteiger partial charge on any atom is -0.493 e. The summed E-state index contributed by atoms with van der Waals surface area (Å²) in [5, 5.41) is 14.9. The molecule has 2 aromatic rings. The molecular weight excluding hydrogens is 308 g/mol. The Kier molecular flexibility index (Phi) is 5.26. The van der Waals surface area contributed by atoms with Crippen molar-refractivity contribution in [1.29, 1.82) is 10.8 Å². The van der Waals surface area contributed by atoms with Gasteiger partial charge in [0, 0.05) is 11.1 Å². The van der Waals surface area contributed by atoms with Gasteiger partial charge in [-0.25, -0.2) is 0 Å². The molecule has 0 unspecified atom stereocenters. The van der Waals surface area contributed by atoms with E-state index in [1.807, 2.05) is 12.1 Å². The maximum Gasteiger partial charge on any atom is 0.203 e. The van der Waals surface area contributed by atoms with E-state index in [1.165, 1.54) is 14.2 Å². The van der Waals surface area contributed by atoms with Gasteiger partial charge in [-0.1, -0.05) is 24.3 Å². The number of rotatable bonds is 7. The predicted molar refractivity (Wildman–Crippen MR) is 92.4 cm³/mol. The van der Waals surface area contributed by atoms with E-state index in [9.17, 15) is 0 Å². The van der Waals surface area contributed by atoms with Gasteiger partial charge in [-0.05, 0) is 17.7 Å². The molecule has 7 heteroatoms. The molecule has 2 aromatic carbocycles. The lowest BCUT2D eigenvalue weighted by molar-refractivity contribution is 0.266. The van der Waals surface area contributed by atoms with Crippen LogP contribution in [0.1, 0.15) is 16.7 Å². The molecule has 0 aliphatic rings. The van der Waals surface area contributed by atoms with Crippen molar-refractivity contribution in [3.8, 4) is 17.2 Å². The van der Waals surface area contributed by atoms with E-state index in [0.717, 1.165) is 5.56 Å². The number of methoxy groups -OCH3 is 2. The van der Waals surface area contributed by atoms with Gasteiger partial charge in [-0.15, -0.1) is 0 Å². The highest BCUT2D eigenvalue weighted by atomic mass is 16.5. The predicted octanol–water partition coefficient (Wildman–Crippen LogP) is 1.85. The van der Waals surface area contributed by atoms with Crippen LogP contribution in [-0.4, -0.2) is 25.9 Å². The van der Waals surface area contributed by atoms with Crippen LogP contribution in [0, 0.1) is 10.8 Å². The summed E-state index contributed by atoms with van der Waals surface area (Å²) >= 11 is 0. The number of nitrogens with one attached hydrogen (secondary N) is 2. The molecule has 126 valence electrons. The Labute approximate surface area is 140 Å². The Bertz CT molecular complexity index is 732. The van der Waals surface area contributed by atoms with Gasteiger partial charge in [-0.2, -0.15) is 0 Å². The summed E-state index contributed by atoms with van der Waals surface area (Å²) in [6, 6.07) is 10.4. The molecule has 24 heavy (non-hydrogen) atoms. The summed E-state index contributed by atoms with van der Waals surface area (Å²) in [7, 11) is 3.01. The molecule has 0 atom stereocenters. The third-order valence-corrected chi connectivity index (χ3v) is 3.42. The van der Waals surface area contributed by atoms with Crippen LogP contribution in [0.15, 0.2) is 36.4 Å². The highest BCUT2D eigenvalue weighted by Gasteiger charge is 2.15. The number of ether oxygens (including phenoxy) is 3. The molecule has 0 heterocycles. The van der Waals surface area contributed by atoms with Gasteiger partial charge in [0.1, 0.15) is 18.3 Å². The number of hydrogen-bond donors (Lipinski definition) is 4. The largest absolute Gasteiger partial charge is 0.493 e. The molecule has 0 fully saturated rings. The van der Waals surface area contributed by atoms with Crippen molar-refractivity contribution in [2.45, 2.75) is 6.61 Å². The molecule has 0 radical (unpaired) electrons. The summed E-state index contributed by atoms with van der Waals surface area (Å²) in [6.45, 7) is 0.282. The first kappa shape index (κ1) is 17.1. The lowest BCUT2D eigenvalue weighted by Crippen LogP contribution is -2.12. The number of nitrogens with two attached hydrogens (primary N) is 2. The number of nitrogen functional groups attached to an aromatic ring is 2. The molecule has 0 spiro atoms. The van der Waals surface area contributed by atoms with Crippen LogP contribution in [0.3, 0.4) is 0 Å². The van der Waals surface area contributed by atoms with Crippen molar-refractivity contribution >= 4 is 11.7 Å². The summed E-state index contributed by atoms with van der Waals surface area (Å²) < 4.78 is 16.5. The molecule has 0 bridgehead atoms. The Morgan fingerprint density at radius 3 is 1.79 bits per heavy atom. The summed E-state index contributed by atoms with van der Waals surface area (Å²) in [4.78, 5) is 0. The van der Waals surface area contributed by atoms with E-state index in [-0.39, 0.29) is 18.3 Å². The fourth-order valence-corrected chi connectivity index (χ4v) is 2.11. The van der Waals surface area contributed by atoms with E-state index in [4.69, 9.17) is 36.5 Å². The van der Waals surface area contributed by atoms with Crippen molar-refractivity contribution < 1.29 is 14.2 Å². The second kappa shape index (κ2) is 7.36. The SMILES string of the molecule is COc1cc(C(=N)N)cc(OC)c1OCc1ccc(C(=N)N)cc1. The van der Waals surface area contributed by atoms with Crippen molar-refractivity contribution in [2.75, 3.05) is 14.2 Å². The number of benzene rings is 2. The van der Waals surface area contributed by atoms with Crippen LogP contribution < -0.4 is 25.7 Å². The zero-order valence-corrected chi connectivity index (χ0v) is 13.6. The molecule has 6 N–H and O–H groups in total. The van der Waals surface area contributed by atoms with Crippen LogP contribution in [0.5, 0.6) is 17.2 Å². The third kappa shape index (κ3) is 3.75. The molecule has 0 saturated heterocycles. The molecule has 7 nitrogen and oxygen atoms in total. The maximum atomic E-state index is 7.54. The normalized spacial score (nSPS) is 10.1. The van der Waals surface area contributed by atoms with E-state index in [2.05, 4.69) is 0 Å². The minimum atomic E-state index is -0.0852. The first-order chi connectivity index (χ1) is 11.5. The van der Waals surface area contributed by atoms with Gasteiger partial charge in [0.05, 0.1) is 14.2 Å². The van der Waals surface area contributed by atoms with Crippen molar-refractivity contribution in [3.05, 3.63) is 53.1 Å². The second-order valence-electron chi connectivity index (χ2n) is 5.02. The van der Waals surface area contributed by atoms with Gasteiger partial charge < -0.3 is 25.7 Å². The smallest absolute Gasteiger partial charge is 0.203 e. The van der Waals surface area contributed by atoms with Crippen LogP contribution in [0.25, 0.3) is 0 Å². The molecular formula is C17H20N4O3. The fourth-order valence-electron chi connectivity index (χ4n) is 2.11. The molecule has 0 aliphatic heterocycles. The average molecular weight is 328 g/mol. The lowest BCUT2D eigenvalue weighted by Gasteiger charge is -2.16. The van der Waals surface area contributed by atoms with Crippen molar-refractivity contribution in [2.24, 2.45) is 11.5 Å². The lowest BCUT2D eigenvalue weighted by atomic mass is 10.1. The van der Waals surface area contributed by atoms with Gasteiger partial charge in [0.15, 0.2) is 11.5 Å². The maximum absolute atomic E-state index is 7.54. The van der Waals surface area contributed by atoms with Crippen LogP contribution in [0.2, 0.25) is 0 Å². The quantitative estimate of drug-likeness (QED) is 0.455. The standard InChI is InChI=1S/C17H20N4O3/c1-22-13-7-12(17(20)21)8-14(23-2)15(13)24-9-10-3-5-11(6-4-10)16(18)19/h3-8H,9H2,1-2H3,(H3,18,19)(H3,20,21). The highest BCUT2D eigenvalue weighted by Crippen LogP contribution is 2.39. The van der Waals surface area contributed by atoms with E-state index < -0.39 is 0 Å². The summed E-state index contributed by atoms with van der Waals surface area (Å²) in [5.74, 6) is 1.23. The van der Waals surface area contributed by atoms with E-state index in [1.54, 1.807) is 24.3 Å². The first-order valence-electron chi connectivity index (χ1n) is 7.12. The van der Waals surface area contributed by atoms with Crippen LogP contribution in [0.4, 0.5) is 0 Å². The Hall–Kier alpha value is -3.22. The zero-order valence-electron chi connectivity index (χ0n) is 13.6. The van der Waals surface area contributed by atoms with Gasteiger partial charge in [0.25, 0.3) is 0 Å². The zero-order chi connectivity index (χ0) is 17.7. The summed E-state index contributed by atoms with van der Waals surface area (Å²) in [6.07, 6.45) is 0. The van der Waals surface area contributed by atoms with E-state index in [0.29, 0.717) is 28.4 Å². The van der Waals surface area contributed by atoms with Crippen LogP contribution >= 0.6 is 0 Å². The van der Waals surface area contributed by atoms with Crippen molar-refractivity contribution in [3.63, 3.8) is 0 Å². The monoisotopic (exact) mass is 328 g/mol. The van der Waals surface area contributed by atoms with Gasteiger partial charge in [-0.3, -0.25) is 10.8 Å². The van der Waals surface area contributed by atoms with Crippen LogP contribution in [-0.2, 0) is 6.61 Å². The van der Waals surface area contributed by atoms with Crippen molar-refractivity contribution in [1.82, 2.24) is 0 Å². The van der Waals surface area contributed by atoms with E-state index >= 15 is 0 Å². The fraction of sp³-hybridized carbons (Fsp3) is 0.176. The summed E-state index contributed by atoms with van der Waals surface area (Å²) in [5.41, 5.74) is 13.0.